The third-order valence-electron chi connectivity index (χ3n) is 4.61. The minimum absolute atomic E-state index is 0.0547. The van der Waals surface area contributed by atoms with Crippen LogP contribution in [-0.2, 0) is 14.3 Å². The normalized spacial score (nSPS) is 18.5. The number of rotatable bonds is 6. The Kier molecular flexibility index (Phi) is 5.75. The zero-order chi connectivity index (χ0) is 20.3. The van der Waals surface area contributed by atoms with Crippen molar-refractivity contribution in [2.24, 2.45) is 0 Å². The average Bonchev–Trinajstić information content (AvgIpc) is 2.97. The lowest BCUT2D eigenvalue weighted by Gasteiger charge is -2.25. The lowest BCUT2D eigenvalue weighted by Crippen LogP contribution is -2.32. The zero-order valence-electron chi connectivity index (χ0n) is 15.5. The number of carbonyl (C=O) groups is 2. The van der Waals surface area contributed by atoms with E-state index in [1.807, 2.05) is 0 Å². The molecular formula is C21H20FNO5. The van der Waals surface area contributed by atoms with Crippen molar-refractivity contribution in [2.75, 3.05) is 27.4 Å². The number of benzene rings is 2. The Labute approximate surface area is 161 Å². The van der Waals surface area contributed by atoms with Crippen LogP contribution in [0.4, 0.5) is 4.39 Å². The van der Waals surface area contributed by atoms with Crippen LogP contribution in [0.3, 0.4) is 0 Å². The number of amides is 1. The van der Waals surface area contributed by atoms with Gasteiger partial charge in [-0.05, 0) is 29.8 Å². The van der Waals surface area contributed by atoms with E-state index in [1.165, 1.54) is 43.4 Å². The van der Waals surface area contributed by atoms with Crippen molar-refractivity contribution in [1.82, 2.24) is 4.90 Å². The number of hydrogen-bond acceptors (Lipinski definition) is 5. The first kappa shape index (κ1) is 19.6. The van der Waals surface area contributed by atoms with Gasteiger partial charge in [-0.1, -0.05) is 24.3 Å². The SMILES string of the molecule is COCCN1C(=O)C(=O)/C(=C(/O)c2cccc(OC)c2)C1c1ccc(F)cc1. The molecule has 1 N–H and O–H groups in total. The fourth-order valence-electron chi connectivity index (χ4n) is 3.22. The van der Waals surface area contributed by atoms with Gasteiger partial charge in [0, 0.05) is 19.2 Å². The third-order valence-corrected chi connectivity index (χ3v) is 4.61. The number of halogens is 1. The number of ether oxygens (including phenoxy) is 2. The molecule has 1 unspecified atom stereocenters. The second-order valence-electron chi connectivity index (χ2n) is 6.27. The molecule has 1 aliphatic rings. The fraction of sp³-hybridized carbons (Fsp3) is 0.238. The third kappa shape index (κ3) is 3.61. The van der Waals surface area contributed by atoms with E-state index in [0.29, 0.717) is 16.9 Å². The van der Waals surface area contributed by atoms with E-state index in [-0.39, 0.29) is 24.5 Å². The molecule has 0 spiro atoms. The Morgan fingerprint density at radius 3 is 2.50 bits per heavy atom. The average molecular weight is 385 g/mol. The first-order valence-electron chi connectivity index (χ1n) is 8.65. The van der Waals surface area contributed by atoms with Crippen molar-refractivity contribution >= 4 is 17.4 Å². The molecule has 7 heteroatoms. The molecule has 28 heavy (non-hydrogen) atoms. The summed E-state index contributed by atoms with van der Waals surface area (Å²) in [4.78, 5) is 26.7. The second-order valence-corrected chi connectivity index (χ2v) is 6.27. The largest absolute Gasteiger partial charge is 0.507 e. The maximum absolute atomic E-state index is 13.4. The molecule has 6 nitrogen and oxygen atoms in total. The summed E-state index contributed by atoms with van der Waals surface area (Å²) in [7, 11) is 2.97. The molecule has 146 valence electrons. The Balaban J connectivity index is 2.15. The van der Waals surface area contributed by atoms with Crippen molar-refractivity contribution in [3.8, 4) is 5.75 Å². The summed E-state index contributed by atoms with van der Waals surface area (Å²) in [5, 5.41) is 10.9. The Bertz CT molecular complexity index is 923. The van der Waals surface area contributed by atoms with E-state index in [0.717, 1.165) is 0 Å². The fourth-order valence-corrected chi connectivity index (χ4v) is 3.22. The number of methoxy groups -OCH3 is 2. The van der Waals surface area contributed by atoms with Crippen molar-refractivity contribution in [3.05, 3.63) is 71.0 Å². The molecule has 0 aliphatic carbocycles. The molecule has 3 rings (SSSR count). The van der Waals surface area contributed by atoms with Gasteiger partial charge in [0.2, 0.25) is 0 Å². The lowest BCUT2D eigenvalue weighted by molar-refractivity contribution is -0.140. The van der Waals surface area contributed by atoms with E-state index in [1.54, 1.807) is 24.3 Å². The predicted octanol–water partition coefficient (Wildman–Crippen LogP) is 2.90. The zero-order valence-corrected chi connectivity index (χ0v) is 15.5. The van der Waals surface area contributed by atoms with Crippen molar-refractivity contribution in [2.45, 2.75) is 6.04 Å². The molecule has 1 amide bonds. The number of aliphatic hydroxyl groups is 1. The number of likely N-dealkylation sites (tertiary alicyclic amines) is 1. The summed E-state index contributed by atoms with van der Waals surface area (Å²) in [5.41, 5.74) is 0.804. The van der Waals surface area contributed by atoms with Crippen LogP contribution in [0.2, 0.25) is 0 Å². The standard InChI is InChI=1S/C21H20FNO5/c1-27-11-10-23-18(13-6-8-15(22)9-7-13)17(20(25)21(23)26)19(24)14-4-3-5-16(12-14)28-2/h3-9,12,18,24H,10-11H2,1-2H3/b19-17+. The van der Waals surface area contributed by atoms with E-state index < -0.39 is 23.5 Å². The predicted molar refractivity (Wildman–Crippen MR) is 100 cm³/mol. The molecule has 1 atom stereocenters. The lowest BCUT2D eigenvalue weighted by atomic mass is 9.95. The Morgan fingerprint density at radius 1 is 1.14 bits per heavy atom. The van der Waals surface area contributed by atoms with Crippen LogP contribution in [0.5, 0.6) is 5.75 Å². The number of aliphatic hydroxyl groups excluding tert-OH is 1. The van der Waals surface area contributed by atoms with E-state index in [4.69, 9.17) is 9.47 Å². The van der Waals surface area contributed by atoms with Crippen LogP contribution >= 0.6 is 0 Å². The number of hydrogen-bond donors (Lipinski definition) is 1. The van der Waals surface area contributed by atoms with Crippen molar-refractivity contribution < 1.29 is 28.6 Å². The highest BCUT2D eigenvalue weighted by atomic mass is 19.1. The minimum Gasteiger partial charge on any atom is -0.507 e. The van der Waals surface area contributed by atoms with Gasteiger partial charge in [0.15, 0.2) is 0 Å². The summed E-state index contributed by atoms with van der Waals surface area (Å²) < 4.78 is 23.6. The van der Waals surface area contributed by atoms with Crippen molar-refractivity contribution in [3.63, 3.8) is 0 Å². The number of ketones is 1. The molecule has 1 aliphatic heterocycles. The highest BCUT2D eigenvalue weighted by molar-refractivity contribution is 6.46. The van der Waals surface area contributed by atoms with Crippen LogP contribution < -0.4 is 4.74 Å². The first-order valence-corrected chi connectivity index (χ1v) is 8.65. The molecule has 2 aromatic carbocycles. The van der Waals surface area contributed by atoms with Gasteiger partial charge in [0.05, 0.1) is 25.3 Å². The highest BCUT2D eigenvalue weighted by Crippen LogP contribution is 2.39. The maximum atomic E-state index is 13.4. The van der Waals surface area contributed by atoms with Gasteiger partial charge >= 0.3 is 0 Å². The number of carbonyl (C=O) groups excluding carboxylic acids is 2. The van der Waals surface area contributed by atoms with Gasteiger partial charge in [-0.15, -0.1) is 0 Å². The van der Waals surface area contributed by atoms with Crippen LogP contribution in [0.15, 0.2) is 54.1 Å². The molecule has 0 saturated carbocycles. The van der Waals surface area contributed by atoms with Crippen LogP contribution in [0.25, 0.3) is 5.76 Å². The maximum Gasteiger partial charge on any atom is 0.295 e. The van der Waals surface area contributed by atoms with E-state index in [2.05, 4.69) is 0 Å². The quantitative estimate of drug-likeness (QED) is 0.470. The molecule has 0 radical (unpaired) electrons. The summed E-state index contributed by atoms with van der Waals surface area (Å²) in [6, 6.07) is 11.2. The minimum atomic E-state index is -0.845. The number of nitrogens with zero attached hydrogens (tertiary/aromatic N) is 1. The summed E-state index contributed by atoms with van der Waals surface area (Å²) in [6.07, 6.45) is 0. The Hall–Kier alpha value is -3.19. The van der Waals surface area contributed by atoms with Crippen LogP contribution in [0, 0.1) is 5.82 Å². The van der Waals surface area contributed by atoms with Crippen LogP contribution in [0.1, 0.15) is 17.2 Å². The van der Waals surface area contributed by atoms with Gasteiger partial charge < -0.3 is 19.5 Å². The highest BCUT2D eigenvalue weighted by Gasteiger charge is 2.45. The van der Waals surface area contributed by atoms with E-state index in [9.17, 15) is 19.1 Å². The molecule has 1 heterocycles. The molecule has 1 fully saturated rings. The molecular weight excluding hydrogens is 365 g/mol. The van der Waals surface area contributed by atoms with E-state index >= 15 is 0 Å². The summed E-state index contributed by atoms with van der Waals surface area (Å²) in [6.45, 7) is 0.363. The topological polar surface area (TPSA) is 76.1 Å². The van der Waals surface area contributed by atoms with Crippen LogP contribution in [-0.4, -0.2) is 49.1 Å². The van der Waals surface area contributed by atoms with Gasteiger partial charge in [0.1, 0.15) is 17.3 Å². The smallest absolute Gasteiger partial charge is 0.295 e. The van der Waals surface area contributed by atoms with Gasteiger partial charge in [-0.3, -0.25) is 9.59 Å². The number of Topliss-reactive ketones (excluding diaryl/α,β-unsaturated/α-hetero) is 1. The molecule has 2 aromatic rings. The van der Waals surface area contributed by atoms with Gasteiger partial charge in [0.25, 0.3) is 11.7 Å². The molecule has 1 saturated heterocycles. The van der Waals surface area contributed by atoms with Crippen molar-refractivity contribution in [1.29, 1.82) is 0 Å². The molecule has 0 bridgehead atoms. The monoisotopic (exact) mass is 385 g/mol. The Morgan fingerprint density at radius 2 is 1.86 bits per heavy atom. The second kappa shape index (κ2) is 8.22. The summed E-state index contributed by atoms with van der Waals surface area (Å²) in [5.74, 6) is -1.80. The van der Waals surface area contributed by atoms with Gasteiger partial charge in [-0.2, -0.15) is 0 Å². The summed E-state index contributed by atoms with van der Waals surface area (Å²) >= 11 is 0. The molecule has 0 aromatic heterocycles. The first-order chi connectivity index (χ1) is 13.5. The van der Waals surface area contributed by atoms with Gasteiger partial charge in [-0.25, -0.2) is 4.39 Å².